The largest absolute Gasteiger partial charge is 0.495 e. The molecule has 0 bridgehead atoms. The third-order valence-electron chi connectivity index (χ3n) is 2.13. The van der Waals surface area contributed by atoms with Crippen molar-refractivity contribution in [3.63, 3.8) is 0 Å². The first-order chi connectivity index (χ1) is 7.13. The van der Waals surface area contributed by atoms with E-state index >= 15 is 0 Å². The van der Waals surface area contributed by atoms with E-state index in [4.69, 9.17) is 17.0 Å². The van der Waals surface area contributed by atoms with Gasteiger partial charge in [0.15, 0.2) is 0 Å². The predicted octanol–water partition coefficient (Wildman–Crippen LogP) is 3.37. The van der Waals surface area contributed by atoms with Crippen LogP contribution in [0.15, 0.2) is 16.6 Å². The summed E-state index contributed by atoms with van der Waals surface area (Å²) in [5, 5.41) is 0.884. The highest BCUT2D eigenvalue weighted by molar-refractivity contribution is 9.10. The van der Waals surface area contributed by atoms with Crippen molar-refractivity contribution in [2.75, 3.05) is 7.11 Å². The van der Waals surface area contributed by atoms with Gasteiger partial charge in [0.1, 0.15) is 16.2 Å². The summed E-state index contributed by atoms with van der Waals surface area (Å²) in [7, 11) is 1.63. The molecule has 0 saturated heterocycles. The third-order valence-corrected chi connectivity index (χ3v) is 3.08. The summed E-state index contributed by atoms with van der Waals surface area (Å²) in [5.41, 5.74) is 0.879. The molecular weight excluding hydrogens is 276 g/mol. The summed E-state index contributed by atoms with van der Waals surface area (Å²) in [6.45, 7) is 1.87. The number of fused-ring (bicyclic) bond motifs is 1. The van der Waals surface area contributed by atoms with Gasteiger partial charge in [0.25, 0.3) is 0 Å². The topological polar surface area (TPSA) is 37.9 Å². The highest BCUT2D eigenvalue weighted by atomic mass is 79.9. The molecule has 0 aliphatic heterocycles. The minimum Gasteiger partial charge on any atom is -0.495 e. The van der Waals surface area contributed by atoms with E-state index in [9.17, 15) is 0 Å². The molecule has 3 nitrogen and oxygen atoms in total. The van der Waals surface area contributed by atoms with E-state index in [2.05, 4.69) is 25.9 Å². The number of rotatable bonds is 1. The van der Waals surface area contributed by atoms with Crippen molar-refractivity contribution in [3.05, 3.63) is 27.1 Å². The van der Waals surface area contributed by atoms with Crippen LogP contribution in [0.2, 0.25) is 0 Å². The summed E-state index contributed by atoms with van der Waals surface area (Å²) in [5.74, 6) is 1.55. The second-order valence-corrected chi connectivity index (χ2v) is 4.37. The molecule has 78 valence electrons. The van der Waals surface area contributed by atoms with E-state index in [1.165, 1.54) is 0 Å². The summed E-state index contributed by atoms with van der Waals surface area (Å²) in [6, 6.07) is 3.79. The Hall–Kier alpha value is -0.940. The van der Waals surface area contributed by atoms with Crippen molar-refractivity contribution in [1.82, 2.24) is 9.97 Å². The number of benzene rings is 1. The minimum absolute atomic E-state index is 0.576. The van der Waals surface area contributed by atoms with E-state index in [0.29, 0.717) is 4.64 Å². The molecule has 1 aromatic carbocycles. The zero-order chi connectivity index (χ0) is 11.0. The van der Waals surface area contributed by atoms with Gasteiger partial charge in [-0.15, -0.1) is 0 Å². The lowest BCUT2D eigenvalue weighted by atomic mass is 10.2. The van der Waals surface area contributed by atoms with E-state index < -0.39 is 0 Å². The normalized spacial score (nSPS) is 10.6. The maximum absolute atomic E-state index is 5.27. The standard InChI is InChI=1S/C10H9BrN2OS/c1-5-12-9-7(14-2)4-3-6(11)8(9)10(15)13-5/h3-4H,1-2H3,(H,12,13,15). The maximum atomic E-state index is 5.27. The van der Waals surface area contributed by atoms with Crippen LogP contribution in [0, 0.1) is 11.6 Å². The molecule has 0 unspecified atom stereocenters. The summed E-state index contributed by atoms with van der Waals surface area (Å²) < 4.78 is 6.77. The fraction of sp³-hybridized carbons (Fsp3) is 0.200. The fourth-order valence-electron chi connectivity index (χ4n) is 1.48. The Morgan fingerprint density at radius 3 is 2.87 bits per heavy atom. The fourth-order valence-corrected chi connectivity index (χ4v) is 2.48. The predicted molar refractivity (Wildman–Crippen MR) is 65.9 cm³/mol. The SMILES string of the molecule is COc1ccc(Br)c2c(=S)nc(C)[nH]c12. The van der Waals surface area contributed by atoms with E-state index in [-0.39, 0.29) is 0 Å². The van der Waals surface area contributed by atoms with Crippen LogP contribution in [0.3, 0.4) is 0 Å². The minimum atomic E-state index is 0.576. The summed E-state index contributed by atoms with van der Waals surface area (Å²) in [4.78, 5) is 7.37. The molecule has 15 heavy (non-hydrogen) atoms. The second-order valence-electron chi connectivity index (χ2n) is 3.13. The van der Waals surface area contributed by atoms with Gasteiger partial charge in [-0.25, -0.2) is 4.98 Å². The van der Waals surface area contributed by atoms with Crippen LogP contribution >= 0.6 is 28.1 Å². The molecule has 0 amide bonds. The number of nitrogens with one attached hydrogen (secondary N) is 1. The third kappa shape index (κ3) is 1.77. The lowest BCUT2D eigenvalue weighted by molar-refractivity contribution is 0.418. The van der Waals surface area contributed by atoms with Crippen molar-refractivity contribution >= 4 is 39.1 Å². The van der Waals surface area contributed by atoms with Gasteiger partial charge in [0.2, 0.25) is 0 Å². The number of aromatic amines is 1. The van der Waals surface area contributed by atoms with Crippen LogP contribution in [-0.2, 0) is 0 Å². The first-order valence-electron chi connectivity index (χ1n) is 4.36. The quantitative estimate of drug-likeness (QED) is 0.816. The zero-order valence-electron chi connectivity index (χ0n) is 8.30. The number of halogens is 1. The number of ether oxygens (including phenoxy) is 1. The van der Waals surface area contributed by atoms with Crippen LogP contribution < -0.4 is 4.74 Å². The molecule has 0 aliphatic carbocycles. The van der Waals surface area contributed by atoms with E-state index in [1.54, 1.807) is 7.11 Å². The van der Waals surface area contributed by atoms with Crippen LogP contribution in [0.25, 0.3) is 10.9 Å². The molecular formula is C10H9BrN2OS. The molecule has 0 saturated carbocycles. The summed E-state index contributed by atoms with van der Waals surface area (Å²) in [6.07, 6.45) is 0. The van der Waals surface area contributed by atoms with Gasteiger partial charge in [-0.05, 0) is 35.0 Å². The zero-order valence-corrected chi connectivity index (χ0v) is 10.7. The smallest absolute Gasteiger partial charge is 0.143 e. The molecule has 1 N–H and O–H groups in total. The Morgan fingerprint density at radius 1 is 1.47 bits per heavy atom. The maximum Gasteiger partial charge on any atom is 0.143 e. The molecule has 5 heteroatoms. The Kier molecular flexibility index (Phi) is 2.75. The van der Waals surface area contributed by atoms with Gasteiger partial charge in [-0.2, -0.15) is 0 Å². The first kappa shape index (κ1) is 10.6. The van der Waals surface area contributed by atoms with Crippen molar-refractivity contribution in [2.24, 2.45) is 0 Å². The van der Waals surface area contributed by atoms with Crippen molar-refractivity contribution in [3.8, 4) is 5.75 Å². The van der Waals surface area contributed by atoms with Crippen LogP contribution in [0.5, 0.6) is 5.75 Å². The molecule has 0 fully saturated rings. The van der Waals surface area contributed by atoms with Crippen molar-refractivity contribution in [1.29, 1.82) is 0 Å². The number of H-pyrrole nitrogens is 1. The second kappa shape index (κ2) is 3.90. The molecule has 0 aliphatic rings. The number of aromatic nitrogens is 2. The molecule has 1 heterocycles. The molecule has 0 spiro atoms. The Balaban J connectivity index is 3.00. The van der Waals surface area contributed by atoms with Gasteiger partial charge in [0.05, 0.1) is 18.0 Å². The number of nitrogens with zero attached hydrogens (tertiary/aromatic N) is 1. The monoisotopic (exact) mass is 284 g/mol. The Morgan fingerprint density at radius 2 is 2.20 bits per heavy atom. The lowest BCUT2D eigenvalue weighted by Gasteiger charge is -2.07. The Labute approximate surface area is 101 Å². The number of hydrogen-bond donors (Lipinski definition) is 1. The van der Waals surface area contributed by atoms with Crippen LogP contribution in [-0.4, -0.2) is 17.1 Å². The van der Waals surface area contributed by atoms with Gasteiger partial charge in [-0.1, -0.05) is 12.2 Å². The average molecular weight is 285 g/mol. The molecule has 0 radical (unpaired) electrons. The molecule has 2 rings (SSSR count). The highest BCUT2D eigenvalue weighted by Gasteiger charge is 2.08. The van der Waals surface area contributed by atoms with E-state index in [1.807, 2.05) is 19.1 Å². The van der Waals surface area contributed by atoms with E-state index in [0.717, 1.165) is 26.9 Å². The van der Waals surface area contributed by atoms with Crippen molar-refractivity contribution < 1.29 is 4.74 Å². The van der Waals surface area contributed by atoms with Crippen molar-refractivity contribution in [2.45, 2.75) is 6.92 Å². The number of methoxy groups -OCH3 is 1. The van der Waals surface area contributed by atoms with Gasteiger partial charge >= 0.3 is 0 Å². The first-order valence-corrected chi connectivity index (χ1v) is 5.56. The van der Waals surface area contributed by atoms with Gasteiger partial charge < -0.3 is 9.72 Å². The molecule has 2 aromatic rings. The van der Waals surface area contributed by atoms with Crippen LogP contribution in [0.4, 0.5) is 0 Å². The van der Waals surface area contributed by atoms with Gasteiger partial charge in [-0.3, -0.25) is 0 Å². The number of hydrogen-bond acceptors (Lipinski definition) is 3. The lowest BCUT2D eigenvalue weighted by Crippen LogP contribution is -1.94. The molecule has 0 atom stereocenters. The van der Waals surface area contributed by atoms with Gasteiger partial charge in [0, 0.05) is 4.47 Å². The highest BCUT2D eigenvalue weighted by Crippen LogP contribution is 2.30. The Bertz CT molecular complexity index is 579. The summed E-state index contributed by atoms with van der Waals surface area (Å²) >= 11 is 8.67. The van der Waals surface area contributed by atoms with Crippen LogP contribution in [0.1, 0.15) is 5.82 Å². The average Bonchev–Trinajstić information content (AvgIpc) is 2.17. The molecule has 1 aromatic heterocycles. The number of aryl methyl sites for hydroxylation is 1.